The number of imidazole rings is 1. The van der Waals surface area contributed by atoms with Gasteiger partial charge in [-0.3, -0.25) is 14.1 Å². The molecule has 0 aliphatic heterocycles. The number of hydrogen-bond acceptors (Lipinski definition) is 4. The van der Waals surface area contributed by atoms with Crippen molar-refractivity contribution in [3.05, 3.63) is 105 Å². The first-order valence-electron chi connectivity index (χ1n) is 13.0. The molecule has 7 nitrogen and oxygen atoms in total. The molecule has 0 amide bonds. The van der Waals surface area contributed by atoms with Crippen molar-refractivity contribution in [2.24, 2.45) is 16.7 Å². The third-order valence-electron chi connectivity index (χ3n) is 6.84. The highest BCUT2D eigenvalue weighted by Crippen LogP contribution is 2.24. The molecule has 2 aromatic carbocycles. The lowest BCUT2D eigenvalue weighted by Gasteiger charge is -2.13. The Morgan fingerprint density at radius 3 is 2.32 bits per heavy atom. The first kappa shape index (κ1) is 25.9. The molecular formula is C30H36N6O. The van der Waals surface area contributed by atoms with E-state index in [1.165, 1.54) is 11.1 Å². The van der Waals surface area contributed by atoms with Gasteiger partial charge in [0.15, 0.2) is 5.84 Å². The van der Waals surface area contributed by atoms with Gasteiger partial charge in [0.25, 0.3) is 0 Å². The van der Waals surface area contributed by atoms with Gasteiger partial charge in [-0.05, 0) is 48.4 Å². The van der Waals surface area contributed by atoms with Crippen LogP contribution in [0.1, 0.15) is 61.6 Å². The number of amidine groups is 1. The highest BCUT2D eigenvalue weighted by atomic mass is 16.1. The Hall–Kier alpha value is -4.13. The van der Waals surface area contributed by atoms with Gasteiger partial charge in [0.05, 0.1) is 17.9 Å². The second kappa shape index (κ2) is 11.7. The number of benzene rings is 2. The Bertz CT molecular complexity index is 1420. The molecule has 2 aromatic heterocycles. The number of pyridine rings is 1. The zero-order chi connectivity index (χ0) is 26.4. The second-order valence-electron chi connectivity index (χ2n) is 9.21. The molecule has 0 saturated carbocycles. The van der Waals surface area contributed by atoms with E-state index in [0.29, 0.717) is 6.54 Å². The van der Waals surface area contributed by atoms with Gasteiger partial charge >= 0.3 is 5.69 Å². The third-order valence-corrected chi connectivity index (χ3v) is 6.84. The number of nitrogens with two attached hydrogens (primary N) is 2. The number of para-hydroxylation sites is 1. The van der Waals surface area contributed by atoms with Crippen LogP contribution >= 0.6 is 0 Å². The summed E-state index contributed by atoms with van der Waals surface area (Å²) >= 11 is 0. The summed E-state index contributed by atoms with van der Waals surface area (Å²) in [5.41, 5.74) is 13.7. The standard InChI is InChI=1S/C30H36N6O/c1-4-7-13-24-20-36(28-22(5-2)11-10-12-23(28)6-3)30(37)35(24)19-21-16-17-27(33-18-21)25-14-8-9-15-26(25)29(31)34-32/h8-12,14-18,20H,4-7,13,19,32H2,1-3H3,(H2,31,34). The fraction of sp³-hybridized carbons (Fsp3) is 0.300. The van der Waals surface area contributed by atoms with Crippen LogP contribution in [0.5, 0.6) is 0 Å². The van der Waals surface area contributed by atoms with Gasteiger partial charge in [0, 0.05) is 29.2 Å². The fourth-order valence-electron chi connectivity index (χ4n) is 4.80. The molecule has 0 fully saturated rings. The summed E-state index contributed by atoms with van der Waals surface area (Å²) in [6.45, 7) is 6.90. The summed E-state index contributed by atoms with van der Waals surface area (Å²) in [5.74, 6) is 5.67. The lowest BCUT2D eigenvalue weighted by molar-refractivity contribution is 0.672. The van der Waals surface area contributed by atoms with Crippen molar-refractivity contribution in [3.8, 4) is 16.9 Å². The summed E-state index contributed by atoms with van der Waals surface area (Å²) in [4.78, 5) is 18.5. The molecule has 0 bridgehead atoms. The molecule has 2 heterocycles. The monoisotopic (exact) mass is 496 g/mol. The molecule has 0 saturated heterocycles. The SMILES string of the molecule is CCCCc1cn(-c2c(CC)cccc2CC)c(=O)n1Cc1ccc(-c2ccccc2/C(N)=N/N)nc1. The first-order valence-corrected chi connectivity index (χ1v) is 13.0. The molecule has 0 aliphatic carbocycles. The number of nitrogens with zero attached hydrogens (tertiary/aromatic N) is 4. The van der Waals surface area contributed by atoms with Crippen molar-refractivity contribution in [2.45, 2.75) is 59.4 Å². The molecule has 37 heavy (non-hydrogen) atoms. The summed E-state index contributed by atoms with van der Waals surface area (Å²) in [6.07, 6.45) is 8.55. The lowest BCUT2D eigenvalue weighted by Crippen LogP contribution is -2.26. The van der Waals surface area contributed by atoms with E-state index in [4.69, 9.17) is 16.6 Å². The number of rotatable bonds is 10. The minimum Gasteiger partial charge on any atom is -0.382 e. The molecule has 0 unspecified atom stereocenters. The van der Waals surface area contributed by atoms with Crippen LogP contribution in [0.2, 0.25) is 0 Å². The maximum Gasteiger partial charge on any atom is 0.333 e. The van der Waals surface area contributed by atoms with Crippen LogP contribution in [0.25, 0.3) is 16.9 Å². The van der Waals surface area contributed by atoms with Crippen molar-refractivity contribution in [1.29, 1.82) is 0 Å². The molecule has 192 valence electrons. The van der Waals surface area contributed by atoms with Crippen LogP contribution < -0.4 is 17.3 Å². The van der Waals surface area contributed by atoms with Crippen molar-refractivity contribution < 1.29 is 0 Å². The molecule has 4 N–H and O–H groups in total. The normalized spacial score (nSPS) is 11.7. The Balaban J connectivity index is 1.73. The van der Waals surface area contributed by atoms with Gasteiger partial charge in [0.2, 0.25) is 0 Å². The van der Waals surface area contributed by atoms with E-state index in [9.17, 15) is 4.79 Å². The van der Waals surface area contributed by atoms with Crippen LogP contribution in [0.4, 0.5) is 0 Å². The van der Waals surface area contributed by atoms with Crippen LogP contribution in [0, 0.1) is 0 Å². The highest BCUT2D eigenvalue weighted by Gasteiger charge is 2.17. The predicted molar refractivity (Wildman–Crippen MR) is 151 cm³/mol. The zero-order valence-corrected chi connectivity index (χ0v) is 21.9. The minimum atomic E-state index is -0.0111. The molecule has 0 radical (unpaired) electrons. The highest BCUT2D eigenvalue weighted by molar-refractivity contribution is 6.02. The van der Waals surface area contributed by atoms with E-state index in [2.05, 4.69) is 44.1 Å². The van der Waals surface area contributed by atoms with Crippen molar-refractivity contribution in [3.63, 3.8) is 0 Å². The van der Waals surface area contributed by atoms with E-state index in [0.717, 1.165) is 65.9 Å². The largest absolute Gasteiger partial charge is 0.382 e. The van der Waals surface area contributed by atoms with Crippen LogP contribution in [0.3, 0.4) is 0 Å². The number of unbranched alkanes of at least 4 members (excludes halogenated alkanes) is 1. The number of hydrazone groups is 1. The summed E-state index contributed by atoms with van der Waals surface area (Å²) in [7, 11) is 0. The molecule has 0 spiro atoms. The molecule has 4 aromatic rings. The average molecular weight is 497 g/mol. The van der Waals surface area contributed by atoms with E-state index in [1.54, 1.807) is 0 Å². The first-order chi connectivity index (χ1) is 18.0. The van der Waals surface area contributed by atoms with Crippen LogP contribution in [0.15, 0.2) is 76.9 Å². The Labute approximate surface area is 218 Å². The number of aromatic nitrogens is 3. The molecule has 0 atom stereocenters. The van der Waals surface area contributed by atoms with E-state index in [-0.39, 0.29) is 11.5 Å². The van der Waals surface area contributed by atoms with E-state index < -0.39 is 0 Å². The van der Waals surface area contributed by atoms with Gasteiger partial charge in [-0.15, -0.1) is 0 Å². The topological polar surface area (TPSA) is 104 Å². The lowest BCUT2D eigenvalue weighted by atomic mass is 10.0. The quantitative estimate of drug-likeness (QED) is 0.142. The smallest absolute Gasteiger partial charge is 0.333 e. The van der Waals surface area contributed by atoms with Gasteiger partial charge in [-0.25, -0.2) is 4.79 Å². The van der Waals surface area contributed by atoms with E-state index >= 15 is 0 Å². The second-order valence-corrected chi connectivity index (χ2v) is 9.21. The van der Waals surface area contributed by atoms with Gasteiger partial charge < -0.3 is 11.6 Å². The predicted octanol–water partition coefficient (Wildman–Crippen LogP) is 4.80. The summed E-state index contributed by atoms with van der Waals surface area (Å²) < 4.78 is 3.75. The van der Waals surface area contributed by atoms with Gasteiger partial charge in [0.1, 0.15) is 0 Å². The minimum absolute atomic E-state index is 0.0111. The summed E-state index contributed by atoms with van der Waals surface area (Å²) in [5, 5.41) is 3.64. The van der Waals surface area contributed by atoms with E-state index in [1.807, 2.05) is 57.9 Å². The molecule has 0 aliphatic rings. The molecule has 7 heteroatoms. The van der Waals surface area contributed by atoms with Crippen molar-refractivity contribution in [1.82, 2.24) is 14.1 Å². The van der Waals surface area contributed by atoms with Gasteiger partial charge in [-0.1, -0.05) is 75.7 Å². The molecular weight excluding hydrogens is 460 g/mol. The van der Waals surface area contributed by atoms with Crippen LogP contribution in [-0.4, -0.2) is 20.0 Å². The number of hydrogen-bond donors (Lipinski definition) is 2. The maximum absolute atomic E-state index is 13.8. The van der Waals surface area contributed by atoms with Crippen LogP contribution in [-0.2, 0) is 25.8 Å². The molecule has 4 rings (SSSR count). The maximum atomic E-state index is 13.8. The third kappa shape index (κ3) is 5.35. The fourth-order valence-corrected chi connectivity index (χ4v) is 4.80. The number of aryl methyl sites for hydroxylation is 3. The Morgan fingerprint density at radius 2 is 1.70 bits per heavy atom. The Morgan fingerprint density at radius 1 is 0.973 bits per heavy atom. The van der Waals surface area contributed by atoms with Crippen molar-refractivity contribution in [2.75, 3.05) is 0 Å². The zero-order valence-electron chi connectivity index (χ0n) is 21.9. The van der Waals surface area contributed by atoms with Gasteiger partial charge in [-0.2, -0.15) is 5.10 Å². The van der Waals surface area contributed by atoms with Crippen molar-refractivity contribution >= 4 is 5.84 Å². The average Bonchev–Trinajstić information content (AvgIpc) is 3.25. The Kier molecular flexibility index (Phi) is 8.23. The summed E-state index contributed by atoms with van der Waals surface area (Å²) in [6, 6.07) is 17.9.